The molecule has 1 heterocycles. The summed E-state index contributed by atoms with van der Waals surface area (Å²) in [6.07, 6.45) is 2.95. The Morgan fingerprint density at radius 1 is 1.06 bits per heavy atom. The molecule has 4 rings (SSSR count). The van der Waals surface area contributed by atoms with Crippen LogP contribution in [0, 0.1) is 10.1 Å². The quantitative estimate of drug-likeness (QED) is 0.179. The second-order valence-electron chi connectivity index (χ2n) is 7.59. The molecule has 8 heteroatoms. The number of nitro benzene ring substituents is 1. The Hall–Kier alpha value is -3.55. The molecule has 3 aromatic carbocycles. The molecular weight excluding hydrogens is 442 g/mol. The summed E-state index contributed by atoms with van der Waals surface area (Å²) >= 11 is 6.50. The van der Waals surface area contributed by atoms with Crippen LogP contribution in [0.25, 0.3) is 10.9 Å². The predicted molar refractivity (Wildman–Crippen MR) is 129 cm³/mol. The number of ether oxygens (including phenoxy) is 2. The molecule has 1 aromatic heterocycles. The van der Waals surface area contributed by atoms with Gasteiger partial charge in [0.2, 0.25) is 0 Å². The molecule has 4 aromatic rings. The van der Waals surface area contributed by atoms with Gasteiger partial charge in [-0.05, 0) is 53.9 Å². The van der Waals surface area contributed by atoms with Crippen LogP contribution in [0.15, 0.2) is 66.9 Å². The summed E-state index contributed by atoms with van der Waals surface area (Å²) in [6.45, 7) is 1.64. The third-order valence-corrected chi connectivity index (χ3v) is 5.79. The minimum atomic E-state index is -0.430. The zero-order chi connectivity index (χ0) is 23.2. The van der Waals surface area contributed by atoms with E-state index in [0.717, 1.165) is 29.6 Å². The van der Waals surface area contributed by atoms with Gasteiger partial charge in [0, 0.05) is 46.9 Å². The lowest BCUT2D eigenvalue weighted by atomic mass is 10.1. The maximum Gasteiger partial charge on any atom is 0.269 e. The number of hydrogen-bond acceptors (Lipinski definition) is 5. The van der Waals surface area contributed by atoms with Crippen LogP contribution in [0.1, 0.15) is 16.7 Å². The van der Waals surface area contributed by atoms with Gasteiger partial charge in [0.05, 0.1) is 12.0 Å². The normalized spacial score (nSPS) is 11.0. The number of H-pyrrole nitrogens is 1. The second kappa shape index (κ2) is 10.4. The van der Waals surface area contributed by atoms with E-state index in [9.17, 15) is 10.1 Å². The van der Waals surface area contributed by atoms with E-state index in [1.807, 2.05) is 18.2 Å². The summed E-state index contributed by atoms with van der Waals surface area (Å²) in [5.41, 5.74) is 4.18. The van der Waals surface area contributed by atoms with Crippen LogP contribution in [0.2, 0.25) is 5.02 Å². The van der Waals surface area contributed by atoms with Crippen molar-refractivity contribution >= 4 is 28.2 Å². The fraction of sp³-hybridized carbons (Fsp3) is 0.200. The molecule has 0 amide bonds. The molecule has 0 saturated carbocycles. The molecule has 0 spiro atoms. The van der Waals surface area contributed by atoms with Crippen LogP contribution in [0.5, 0.6) is 11.5 Å². The van der Waals surface area contributed by atoms with E-state index in [2.05, 4.69) is 28.6 Å². The van der Waals surface area contributed by atoms with Gasteiger partial charge in [0.25, 0.3) is 5.69 Å². The van der Waals surface area contributed by atoms with Crippen molar-refractivity contribution in [3.63, 3.8) is 0 Å². The van der Waals surface area contributed by atoms with Crippen LogP contribution in [0.3, 0.4) is 0 Å². The number of aromatic nitrogens is 1. The van der Waals surface area contributed by atoms with Crippen LogP contribution in [-0.4, -0.2) is 23.6 Å². The first-order valence-corrected chi connectivity index (χ1v) is 10.9. The first-order chi connectivity index (χ1) is 16.0. The summed E-state index contributed by atoms with van der Waals surface area (Å²) in [5.74, 6) is 1.10. The summed E-state index contributed by atoms with van der Waals surface area (Å²) in [7, 11) is 1.58. The number of halogens is 1. The maximum atomic E-state index is 10.8. The average Bonchev–Trinajstić information content (AvgIpc) is 3.24. The van der Waals surface area contributed by atoms with Gasteiger partial charge >= 0.3 is 0 Å². The largest absolute Gasteiger partial charge is 0.493 e. The van der Waals surface area contributed by atoms with Crippen molar-refractivity contribution in [2.45, 2.75) is 19.6 Å². The molecule has 0 aliphatic heterocycles. The van der Waals surface area contributed by atoms with Crippen molar-refractivity contribution in [3.8, 4) is 11.5 Å². The first kappa shape index (κ1) is 22.6. The van der Waals surface area contributed by atoms with Gasteiger partial charge in [-0.25, -0.2) is 0 Å². The first-order valence-electron chi connectivity index (χ1n) is 10.5. The minimum Gasteiger partial charge on any atom is -0.493 e. The number of benzene rings is 3. The lowest BCUT2D eigenvalue weighted by Crippen LogP contribution is -2.17. The number of nitro groups is 1. The van der Waals surface area contributed by atoms with Gasteiger partial charge in [0.15, 0.2) is 11.5 Å². The molecule has 0 saturated heterocycles. The van der Waals surface area contributed by atoms with Crippen molar-refractivity contribution in [2.24, 2.45) is 0 Å². The molecule has 33 heavy (non-hydrogen) atoms. The molecule has 0 atom stereocenters. The standard InChI is InChI=1S/C25H24ClN3O4/c1-32-24-12-19(14-27-11-10-18-15-28-23-5-3-2-4-21(18)23)22(26)13-25(24)33-16-17-6-8-20(9-7-17)29(30)31/h2-9,12-13,15,27-28H,10-11,14,16H2,1H3. The van der Waals surface area contributed by atoms with Crippen molar-refractivity contribution < 1.29 is 14.4 Å². The number of methoxy groups -OCH3 is 1. The SMILES string of the molecule is COc1cc(CNCCc2c[nH]c3ccccc23)c(Cl)cc1OCc1ccc([N+](=O)[O-])cc1. The van der Waals surface area contributed by atoms with E-state index in [0.29, 0.717) is 23.1 Å². The Morgan fingerprint density at radius 3 is 2.61 bits per heavy atom. The highest BCUT2D eigenvalue weighted by atomic mass is 35.5. The molecule has 0 unspecified atom stereocenters. The average molecular weight is 466 g/mol. The minimum absolute atomic E-state index is 0.0425. The number of non-ortho nitro benzene ring substituents is 1. The lowest BCUT2D eigenvalue weighted by Gasteiger charge is -2.14. The summed E-state index contributed by atoms with van der Waals surface area (Å²) in [5, 5.41) is 16.0. The number of nitrogens with one attached hydrogen (secondary N) is 2. The van der Waals surface area contributed by atoms with Gasteiger partial charge in [0.1, 0.15) is 6.61 Å². The van der Waals surface area contributed by atoms with E-state index in [1.54, 1.807) is 25.3 Å². The Balaban J connectivity index is 1.34. The third kappa shape index (κ3) is 5.45. The topological polar surface area (TPSA) is 89.4 Å². The number of rotatable bonds is 10. The van der Waals surface area contributed by atoms with Crippen LogP contribution >= 0.6 is 11.6 Å². The van der Waals surface area contributed by atoms with Crippen molar-refractivity contribution in [1.29, 1.82) is 0 Å². The Morgan fingerprint density at radius 2 is 1.85 bits per heavy atom. The van der Waals surface area contributed by atoms with Gasteiger partial charge < -0.3 is 19.8 Å². The highest BCUT2D eigenvalue weighted by Gasteiger charge is 2.12. The second-order valence-corrected chi connectivity index (χ2v) is 8.00. The zero-order valence-corrected chi connectivity index (χ0v) is 18.9. The monoisotopic (exact) mass is 465 g/mol. The smallest absolute Gasteiger partial charge is 0.269 e. The summed E-state index contributed by atoms with van der Waals surface area (Å²) < 4.78 is 11.4. The van der Waals surface area contributed by atoms with E-state index in [-0.39, 0.29) is 12.3 Å². The van der Waals surface area contributed by atoms with Crippen molar-refractivity contribution in [1.82, 2.24) is 10.3 Å². The fourth-order valence-electron chi connectivity index (χ4n) is 3.64. The van der Waals surface area contributed by atoms with Crippen LogP contribution < -0.4 is 14.8 Å². The van der Waals surface area contributed by atoms with Gasteiger partial charge in [-0.2, -0.15) is 0 Å². The number of fused-ring (bicyclic) bond motifs is 1. The molecule has 0 fully saturated rings. The highest BCUT2D eigenvalue weighted by molar-refractivity contribution is 6.31. The van der Waals surface area contributed by atoms with Gasteiger partial charge in [-0.1, -0.05) is 29.8 Å². The third-order valence-electron chi connectivity index (χ3n) is 5.44. The van der Waals surface area contributed by atoms with Gasteiger partial charge in [-0.3, -0.25) is 10.1 Å². The molecular formula is C25H24ClN3O4. The zero-order valence-electron chi connectivity index (χ0n) is 18.1. The predicted octanol–water partition coefficient (Wildman–Crippen LogP) is 5.65. The van der Waals surface area contributed by atoms with Crippen LogP contribution in [0.4, 0.5) is 5.69 Å². The van der Waals surface area contributed by atoms with Crippen molar-refractivity contribution in [2.75, 3.05) is 13.7 Å². The fourth-order valence-corrected chi connectivity index (χ4v) is 3.87. The number of aromatic amines is 1. The molecule has 0 aliphatic carbocycles. The van der Waals surface area contributed by atoms with E-state index in [1.165, 1.54) is 23.1 Å². The lowest BCUT2D eigenvalue weighted by molar-refractivity contribution is -0.384. The van der Waals surface area contributed by atoms with Crippen LogP contribution in [-0.2, 0) is 19.6 Å². The number of hydrogen-bond donors (Lipinski definition) is 2. The maximum absolute atomic E-state index is 10.8. The molecule has 0 radical (unpaired) electrons. The van der Waals surface area contributed by atoms with E-state index in [4.69, 9.17) is 21.1 Å². The molecule has 0 bridgehead atoms. The summed E-state index contributed by atoms with van der Waals surface area (Å²) in [4.78, 5) is 13.7. The number of para-hydroxylation sites is 1. The van der Waals surface area contributed by atoms with E-state index < -0.39 is 4.92 Å². The Labute approximate surface area is 196 Å². The number of nitrogens with zero attached hydrogens (tertiary/aromatic N) is 1. The highest BCUT2D eigenvalue weighted by Crippen LogP contribution is 2.34. The molecule has 7 nitrogen and oxygen atoms in total. The molecule has 170 valence electrons. The van der Waals surface area contributed by atoms with E-state index >= 15 is 0 Å². The van der Waals surface area contributed by atoms with Crippen molar-refractivity contribution in [3.05, 3.63) is 98.7 Å². The molecule has 0 aliphatic rings. The van der Waals surface area contributed by atoms with Gasteiger partial charge in [-0.15, -0.1) is 0 Å². The molecule has 2 N–H and O–H groups in total. The summed E-state index contributed by atoms with van der Waals surface area (Å²) in [6, 6.07) is 18.1. The Kier molecular flexibility index (Phi) is 7.12. The Bertz CT molecular complexity index is 1250.